The van der Waals surface area contributed by atoms with Crippen LogP contribution in [-0.2, 0) is 14.8 Å². The maximum Gasteiger partial charge on any atom is 0.240 e. The molecule has 4 rings (SSSR count). The zero-order valence-electron chi connectivity index (χ0n) is 12.9. The molecule has 3 heterocycles. The van der Waals surface area contributed by atoms with E-state index in [0.29, 0.717) is 19.6 Å². The van der Waals surface area contributed by atoms with Crippen molar-refractivity contribution in [3.8, 4) is 11.1 Å². The van der Waals surface area contributed by atoms with Gasteiger partial charge in [0, 0.05) is 30.4 Å². The van der Waals surface area contributed by atoms with Crippen LogP contribution in [0.2, 0.25) is 0 Å². The van der Waals surface area contributed by atoms with Gasteiger partial charge in [-0.3, -0.25) is 0 Å². The minimum atomic E-state index is -3.52. The summed E-state index contributed by atoms with van der Waals surface area (Å²) in [5.41, 5.74) is 2.78. The van der Waals surface area contributed by atoms with E-state index in [2.05, 4.69) is 14.7 Å². The SMILES string of the molecule is O=S(=O)(N[C@H]1CCOC1)c1ccc(-c2ccnc3[nH]ccc23)cc1. The third-order valence-electron chi connectivity index (χ3n) is 4.19. The van der Waals surface area contributed by atoms with Gasteiger partial charge in [-0.25, -0.2) is 18.1 Å². The molecule has 6 nitrogen and oxygen atoms in total. The second-order valence-corrected chi connectivity index (χ2v) is 7.52. The predicted molar refractivity (Wildman–Crippen MR) is 91.1 cm³/mol. The van der Waals surface area contributed by atoms with Crippen molar-refractivity contribution < 1.29 is 13.2 Å². The van der Waals surface area contributed by atoms with E-state index in [9.17, 15) is 8.42 Å². The minimum absolute atomic E-state index is 0.144. The van der Waals surface area contributed by atoms with E-state index in [1.807, 2.05) is 30.5 Å². The molecule has 7 heteroatoms. The Morgan fingerprint density at radius 2 is 2.00 bits per heavy atom. The molecule has 1 saturated heterocycles. The number of nitrogens with one attached hydrogen (secondary N) is 2. The van der Waals surface area contributed by atoms with E-state index < -0.39 is 10.0 Å². The zero-order valence-corrected chi connectivity index (χ0v) is 13.7. The van der Waals surface area contributed by atoms with E-state index >= 15 is 0 Å². The molecule has 1 atom stereocenters. The van der Waals surface area contributed by atoms with Gasteiger partial charge in [0.25, 0.3) is 0 Å². The lowest BCUT2D eigenvalue weighted by Gasteiger charge is -2.12. The summed E-state index contributed by atoms with van der Waals surface area (Å²) in [5, 5.41) is 1.01. The zero-order chi connectivity index (χ0) is 16.6. The van der Waals surface area contributed by atoms with Gasteiger partial charge in [0.05, 0.1) is 11.5 Å². The van der Waals surface area contributed by atoms with Gasteiger partial charge in [-0.15, -0.1) is 0 Å². The Morgan fingerprint density at radius 1 is 1.17 bits per heavy atom. The maximum atomic E-state index is 12.4. The first-order valence-corrected chi connectivity index (χ1v) is 9.24. The Balaban J connectivity index is 1.64. The van der Waals surface area contributed by atoms with Crippen molar-refractivity contribution in [3.05, 3.63) is 48.8 Å². The van der Waals surface area contributed by atoms with Crippen molar-refractivity contribution in [2.24, 2.45) is 0 Å². The van der Waals surface area contributed by atoms with Gasteiger partial charge >= 0.3 is 0 Å². The van der Waals surface area contributed by atoms with Crippen molar-refractivity contribution in [2.75, 3.05) is 13.2 Å². The summed E-state index contributed by atoms with van der Waals surface area (Å²) in [6.45, 7) is 1.03. The molecule has 0 spiro atoms. The van der Waals surface area contributed by atoms with Gasteiger partial charge in [0.2, 0.25) is 10.0 Å². The summed E-state index contributed by atoms with van der Waals surface area (Å²) in [6.07, 6.45) is 4.29. The maximum absolute atomic E-state index is 12.4. The van der Waals surface area contributed by atoms with Crippen LogP contribution in [0.3, 0.4) is 0 Å². The van der Waals surface area contributed by atoms with Crippen LogP contribution in [-0.4, -0.2) is 37.6 Å². The molecule has 0 radical (unpaired) electrons. The Hall–Kier alpha value is -2.22. The molecule has 0 unspecified atom stereocenters. The van der Waals surface area contributed by atoms with Gasteiger partial charge in [-0.2, -0.15) is 0 Å². The number of aromatic amines is 1. The van der Waals surface area contributed by atoms with E-state index in [1.54, 1.807) is 18.3 Å². The lowest BCUT2D eigenvalue weighted by Crippen LogP contribution is -2.34. The number of fused-ring (bicyclic) bond motifs is 1. The molecule has 2 aromatic heterocycles. The van der Waals surface area contributed by atoms with Crippen molar-refractivity contribution in [1.82, 2.24) is 14.7 Å². The average Bonchev–Trinajstić information content (AvgIpc) is 3.25. The van der Waals surface area contributed by atoms with Gasteiger partial charge in [-0.1, -0.05) is 12.1 Å². The molecule has 1 fully saturated rings. The van der Waals surface area contributed by atoms with Gasteiger partial charge in [0.1, 0.15) is 5.65 Å². The molecule has 2 N–H and O–H groups in total. The first kappa shape index (κ1) is 15.3. The number of rotatable bonds is 4. The van der Waals surface area contributed by atoms with Crippen LogP contribution in [0.5, 0.6) is 0 Å². The number of nitrogens with zero attached hydrogens (tertiary/aromatic N) is 1. The van der Waals surface area contributed by atoms with Crippen LogP contribution in [0, 0.1) is 0 Å². The molecular weight excluding hydrogens is 326 g/mol. The fourth-order valence-corrected chi connectivity index (χ4v) is 4.20. The van der Waals surface area contributed by atoms with E-state index in [1.165, 1.54) is 0 Å². The molecule has 0 amide bonds. The monoisotopic (exact) mass is 343 g/mol. The Kier molecular flexibility index (Phi) is 3.84. The second kappa shape index (κ2) is 6.01. The number of aromatic nitrogens is 2. The summed E-state index contributed by atoms with van der Waals surface area (Å²) >= 11 is 0. The van der Waals surface area contributed by atoms with E-state index in [4.69, 9.17) is 4.74 Å². The van der Waals surface area contributed by atoms with Crippen molar-refractivity contribution in [1.29, 1.82) is 0 Å². The number of hydrogen-bond donors (Lipinski definition) is 2. The van der Waals surface area contributed by atoms with Crippen LogP contribution < -0.4 is 4.72 Å². The molecule has 0 aliphatic carbocycles. The molecule has 1 aliphatic rings. The summed E-state index contributed by atoms with van der Waals surface area (Å²) in [6, 6.07) is 10.6. The van der Waals surface area contributed by atoms with Gasteiger partial charge in [-0.05, 0) is 41.8 Å². The minimum Gasteiger partial charge on any atom is -0.380 e. The molecule has 0 saturated carbocycles. The van der Waals surface area contributed by atoms with E-state index in [-0.39, 0.29) is 10.9 Å². The Morgan fingerprint density at radius 3 is 2.75 bits per heavy atom. The normalized spacial score (nSPS) is 18.2. The molecule has 1 aromatic carbocycles. The van der Waals surface area contributed by atoms with Crippen LogP contribution >= 0.6 is 0 Å². The number of benzene rings is 1. The van der Waals surface area contributed by atoms with E-state index in [0.717, 1.165) is 22.2 Å². The predicted octanol–water partition coefficient (Wildman–Crippen LogP) is 2.30. The summed E-state index contributed by atoms with van der Waals surface area (Å²) in [7, 11) is -3.52. The summed E-state index contributed by atoms with van der Waals surface area (Å²) in [5.74, 6) is 0. The second-order valence-electron chi connectivity index (χ2n) is 5.80. The topological polar surface area (TPSA) is 84.1 Å². The summed E-state index contributed by atoms with van der Waals surface area (Å²) < 4.78 is 32.8. The first-order valence-electron chi connectivity index (χ1n) is 7.76. The molecule has 3 aromatic rings. The number of H-pyrrole nitrogens is 1. The highest BCUT2D eigenvalue weighted by atomic mass is 32.2. The number of ether oxygens (including phenoxy) is 1. The van der Waals surface area contributed by atoms with Crippen molar-refractivity contribution >= 4 is 21.1 Å². The third-order valence-corrected chi connectivity index (χ3v) is 5.72. The van der Waals surface area contributed by atoms with Crippen molar-refractivity contribution in [2.45, 2.75) is 17.4 Å². The Bertz CT molecular complexity index is 958. The smallest absolute Gasteiger partial charge is 0.240 e. The average molecular weight is 343 g/mol. The van der Waals surface area contributed by atoms with Crippen LogP contribution in [0.15, 0.2) is 53.7 Å². The number of sulfonamides is 1. The first-order chi connectivity index (χ1) is 11.6. The molecule has 124 valence electrons. The van der Waals surface area contributed by atoms with Crippen LogP contribution in [0.25, 0.3) is 22.2 Å². The molecule has 24 heavy (non-hydrogen) atoms. The highest BCUT2D eigenvalue weighted by Gasteiger charge is 2.23. The number of hydrogen-bond acceptors (Lipinski definition) is 4. The van der Waals surface area contributed by atoms with Crippen molar-refractivity contribution in [3.63, 3.8) is 0 Å². The van der Waals surface area contributed by atoms with Gasteiger partial charge < -0.3 is 9.72 Å². The fourth-order valence-electron chi connectivity index (χ4n) is 2.94. The fraction of sp³-hybridized carbons (Fsp3) is 0.235. The van der Waals surface area contributed by atoms with Crippen LogP contribution in [0.4, 0.5) is 0 Å². The van der Waals surface area contributed by atoms with Crippen LogP contribution in [0.1, 0.15) is 6.42 Å². The summed E-state index contributed by atoms with van der Waals surface area (Å²) in [4.78, 5) is 7.61. The highest BCUT2D eigenvalue weighted by molar-refractivity contribution is 7.89. The lowest BCUT2D eigenvalue weighted by atomic mass is 10.0. The Labute approximate surface area is 139 Å². The van der Waals surface area contributed by atoms with Gasteiger partial charge in [0.15, 0.2) is 0 Å². The number of pyridine rings is 1. The lowest BCUT2D eigenvalue weighted by molar-refractivity contribution is 0.192. The quantitative estimate of drug-likeness (QED) is 0.761. The largest absolute Gasteiger partial charge is 0.380 e. The standard InChI is InChI=1S/C17H17N3O3S/c21-24(22,20-13-7-10-23-11-13)14-3-1-12(2-4-14)15-5-8-18-17-16(15)6-9-19-17/h1-6,8-9,13,20H,7,10-11H2,(H,18,19)/t13-/m0/s1. The molecular formula is C17H17N3O3S. The molecule has 1 aliphatic heterocycles. The molecule has 0 bridgehead atoms. The highest BCUT2D eigenvalue weighted by Crippen LogP contribution is 2.27. The third kappa shape index (κ3) is 2.82.